The summed E-state index contributed by atoms with van der Waals surface area (Å²) in [4.78, 5) is 24.9. The van der Waals surface area contributed by atoms with Gasteiger partial charge in [0.05, 0.1) is 17.7 Å². The summed E-state index contributed by atoms with van der Waals surface area (Å²) < 4.78 is 37.4. The number of esters is 2. The summed E-state index contributed by atoms with van der Waals surface area (Å²) in [6.45, 7) is 2.05. The van der Waals surface area contributed by atoms with Crippen LogP contribution in [-0.4, -0.2) is 18.5 Å². The molecule has 0 aromatic heterocycles. The molecule has 32 heavy (non-hydrogen) atoms. The van der Waals surface area contributed by atoms with Crippen molar-refractivity contribution in [3.63, 3.8) is 0 Å². The Bertz CT molecular complexity index is 867. The van der Waals surface area contributed by atoms with Crippen LogP contribution in [0.25, 0.3) is 0 Å². The average Bonchev–Trinajstić information content (AvgIpc) is 2.80. The molecular weight excluding hydrogens is 414 g/mol. The van der Waals surface area contributed by atoms with Crippen molar-refractivity contribution in [2.45, 2.75) is 71.3 Å². The van der Waals surface area contributed by atoms with Gasteiger partial charge in [-0.3, -0.25) is 0 Å². The van der Waals surface area contributed by atoms with Crippen molar-refractivity contribution >= 4 is 11.9 Å². The SMILES string of the molecule is CCCCCCCCCCCOC(=O)c1ccccc1C(=O)OCc1cc(F)ccc1F. The zero-order chi connectivity index (χ0) is 23.2. The van der Waals surface area contributed by atoms with Gasteiger partial charge in [0.1, 0.15) is 18.2 Å². The van der Waals surface area contributed by atoms with Crippen molar-refractivity contribution in [2.24, 2.45) is 0 Å². The number of carbonyl (C=O) groups excluding carboxylic acids is 2. The minimum Gasteiger partial charge on any atom is -0.462 e. The number of benzene rings is 2. The van der Waals surface area contributed by atoms with Crippen molar-refractivity contribution in [1.29, 1.82) is 0 Å². The number of unbranched alkanes of at least 4 members (excludes halogenated alkanes) is 8. The monoisotopic (exact) mass is 446 g/mol. The van der Waals surface area contributed by atoms with E-state index in [0.29, 0.717) is 0 Å². The maximum atomic E-state index is 13.7. The maximum Gasteiger partial charge on any atom is 0.339 e. The fraction of sp³-hybridized carbons (Fsp3) is 0.462. The van der Waals surface area contributed by atoms with Crippen LogP contribution < -0.4 is 0 Å². The second-order valence-corrected chi connectivity index (χ2v) is 7.82. The molecule has 0 bridgehead atoms. The average molecular weight is 447 g/mol. The van der Waals surface area contributed by atoms with Crippen LogP contribution in [0.1, 0.15) is 91.0 Å². The molecule has 0 spiro atoms. The molecule has 2 aromatic rings. The Morgan fingerprint density at radius 2 is 1.31 bits per heavy atom. The van der Waals surface area contributed by atoms with Gasteiger partial charge in [-0.15, -0.1) is 0 Å². The molecular formula is C26H32F2O4. The first-order chi connectivity index (χ1) is 15.5. The molecule has 0 aliphatic rings. The van der Waals surface area contributed by atoms with E-state index >= 15 is 0 Å². The van der Waals surface area contributed by atoms with E-state index in [4.69, 9.17) is 9.47 Å². The first kappa shape index (κ1) is 25.5. The van der Waals surface area contributed by atoms with Gasteiger partial charge in [-0.05, 0) is 36.8 Å². The Morgan fingerprint density at radius 3 is 1.94 bits per heavy atom. The molecule has 0 unspecified atom stereocenters. The highest BCUT2D eigenvalue weighted by atomic mass is 19.1. The highest BCUT2D eigenvalue weighted by molar-refractivity contribution is 6.03. The summed E-state index contributed by atoms with van der Waals surface area (Å²) in [5.74, 6) is -2.70. The highest BCUT2D eigenvalue weighted by Crippen LogP contribution is 2.16. The lowest BCUT2D eigenvalue weighted by atomic mass is 10.1. The van der Waals surface area contributed by atoms with Crippen molar-refractivity contribution in [2.75, 3.05) is 6.61 Å². The van der Waals surface area contributed by atoms with Crippen molar-refractivity contribution in [3.8, 4) is 0 Å². The molecule has 0 saturated heterocycles. The van der Waals surface area contributed by atoms with Gasteiger partial charge in [0.25, 0.3) is 0 Å². The number of rotatable bonds is 14. The summed E-state index contributed by atoms with van der Waals surface area (Å²) >= 11 is 0. The molecule has 4 nitrogen and oxygen atoms in total. The Labute approximate surface area is 188 Å². The minimum absolute atomic E-state index is 0.0291. The molecule has 0 aliphatic carbocycles. The number of carbonyl (C=O) groups is 2. The summed E-state index contributed by atoms with van der Waals surface area (Å²) in [7, 11) is 0. The lowest BCUT2D eigenvalue weighted by Gasteiger charge is -2.10. The fourth-order valence-electron chi connectivity index (χ4n) is 3.37. The summed E-state index contributed by atoms with van der Waals surface area (Å²) in [6, 6.07) is 9.07. The van der Waals surface area contributed by atoms with E-state index < -0.39 is 30.2 Å². The van der Waals surface area contributed by atoms with Crippen LogP contribution in [0.5, 0.6) is 0 Å². The highest BCUT2D eigenvalue weighted by Gasteiger charge is 2.19. The number of hydrogen-bond donors (Lipinski definition) is 0. The fourth-order valence-corrected chi connectivity index (χ4v) is 3.37. The van der Waals surface area contributed by atoms with Gasteiger partial charge >= 0.3 is 11.9 Å². The van der Waals surface area contributed by atoms with Gasteiger partial charge in [0, 0.05) is 5.56 Å². The van der Waals surface area contributed by atoms with E-state index in [0.717, 1.165) is 37.5 Å². The van der Waals surface area contributed by atoms with Crippen LogP contribution in [0.2, 0.25) is 0 Å². The third-order valence-electron chi connectivity index (χ3n) is 5.21. The molecule has 0 aliphatic heterocycles. The largest absolute Gasteiger partial charge is 0.462 e. The lowest BCUT2D eigenvalue weighted by molar-refractivity contribution is 0.0433. The maximum absolute atomic E-state index is 13.7. The van der Waals surface area contributed by atoms with Crippen LogP contribution in [0.15, 0.2) is 42.5 Å². The second kappa shape index (κ2) is 14.3. The molecule has 0 saturated carbocycles. The van der Waals surface area contributed by atoms with E-state index in [2.05, 4.69) is 6.92 Å². The van der Waals surface area contributed by atoms with E-state index in [1.54, 1.807) is 12.1 Å². The van der Waals surface area contributed by atoms with E-state index in [-0.39, 0.29) is 23.3 Å². The summed E-state index contributed by atoms with van der Waals surface area (Å²) in [6.07, 6.45) is 10.4. The zero-order valence-corrected chi connectivity index (χ0v) is 18.7. The van der Waals surface area contributed by atoms with Crippen LogP contribution in [0.4, 0.5) is 8.78 Å². The molecule has 0 N–H and O–H groups in total. The Morgan fingerprint density at radius 1 is 0.750 bits per heavy atom. The van der Waals surface area contributed by atoms with Crippen LogP contribution in [0, 0.1) is 11.6 Å². The second-order valence-electron chi connectivity index (χ2n) is 7.82. The molecule has 0 radical (unpaired) electrons. The zero-order valence-electron chi connectivity index (χ0n) is 18.7. The minimum atomic E-state index is -0.802. The van der Waals surface area contributed by atoms with Gasteiger partial charge < -0.3 is 9.47 Å². The predicted molar refractivity (Wildman–Crippen MR) is 119 cm³/mol. The summed E-state index contributed by atoms with van der Waals surface area (Å²) in [5.41, 5.74) is 0.0401. The molecule has 0 fully saturated rings. The topological polar surface area (TPSA) is 52.6 Å². The van der Waals surface area contributed by atoms with Gasteiger partial charge in [-0.1, -0.05) is 70.4 Å². The first-order valence-electron chi connectivity index (χ1n) is 11.4. The van der Waals surface area contributed by atoms with Gasteiger partial charge in [-0.2, -0.15) is 0 Å². The van der Waals surface area contributed by atoms with Crippen molar-refractivity contribution < 1.29 is 27.8 Å². The van der Waals surface area contributed by atoms with E-state index in [9.17, 15) is 18.4 Å². The van der Waals surface area contributed by atoms with E-state index in [1.807, 2.05) is 0 Å². The van der Waals surface area contributed by atoms with Gasteiger partial charge in [-0.25, -0.2) is 18.4 Å². The first-order valence-corrected chi connectivity index (χ1v) is 11.4. The van der Waals surface area contributed by atoms with Crippen molar-refractivity contribution in [3.05, 3.63) is 70.8 Å². The number of hydrogen-bond acceptors (Lipinski definition) is 4. The molecule has 2 rings (SSSR count). The smallest absolute Gasteiger partial charge is 0.339 e. The van der Waals surface area contributed by atoms with Crippen molar-refractivity contribution in [1.82, 2.24) is 0 Å². The standard InChI is InChI=1S/C26H32F2O4/c1-2-3-4-5-6-7-8-9-12-17-31-25(29)22-13-10-11-14-23(22)26(30)32-19-20-18-21(27)15-16-24(20)28/h10-11,13-16,18H,2-9,12,17,19H2,1H3. The molecule has 174 valence electrons. The van der Waals surface area contributed by atoms with Gasteiger partial charge in [0.15, 0.2) is 0 Å². The third kappa shape index (κ3) is 8.77. The molecule has 0 amide bonds. The number of halogens is 2. The Balaban J connectivity index is 1.77. The van der Waals surface area contributed by atoms with Crippen LogP contribution >= 0.6 is 0 Å². The van der Waals surface area contributed by atoms with Gasteiger partial charge in [0.2, 0.25) is 0 Å². The lowest BCUT2D eigenvalue weighted by Crippen LogP contribution is -2.14. The molecule has 6 heteroatoms. The normalized spacial score (nSPS) is 10.7. The van der Waals surface area contributed by atoms with Crippen LogP contribution in [-0.2, 0) is 16.1 Å². The quantitative estimate of drug-likeness (QED) is 0.231. The third-order valence-corrected chi connectivity index (χ3v) is 5.21. The molecule has 2 aromatic carbocycles. The Kier molecular flexibility index (Phi) is 11.4. The molecule has 0 heterocycles. The van der Waals surface area contributed by atoms with E-state index in [1.165, 1.54) is 50.7 Å². The Hall–Kier alpha value is -2.76. The molecule has 0 atom stereocenters. The predicted octanol–water partition coefficient (Wildman–Crippen LogP) is 7.01. The summed E-state index contributed by atoms with van der Waals surface area (Å²) in [5, 5.41) is 0. The van der Waals surface area contributed by atoms with Crippen LogP contribution in [0.3, 0.4) is 0 Å². The number of ether oxygens (including phenoxy) is 2.